The van der Waals surface area contributed by atoms with Crippen molar-refractivity contribution in [3.8, 4) is 0 Å². The molecule has 10 heteroatoms. The first-order valence-corrected chi connectivity index (χ1v) is 11.0. The number of carbonyl (C=O) groups is 1. The third kappa shape index (κ3) is 4.62. The van der Waals surface area contributed by atoms with Gasteiger partial charge < -0.3 is 5.32 Å². The Kier molecular flexibility index (Phi) is 6.15. The van der Waals surface area contributed by atoms with Gasteiger partial charge in [0.1, 0.15) is 5.82 Å². The smallest absolute Gasteiger partial charge is 0.349 e. The lowest BCUT2D eigenvalue weighted by Crippen LogP contribution is -2.48. The molecule has 1 aliphatic rings. The number of hydrogen-bond donors (Lipinski definition) is 1. The predicted octanol–water partition coefficient (Wildman–Crippen LogP) is 4.87. The van der Waals surface area contributed by atoms with E-state index in [0.717, 1.165) is 24.3 Å². The molecule has 0 aliphatic heterocycles. The summed E-state index contributed by atoms with van der Waals surface area (Å²) in [5, 5.41) is 1.63. The van der Waals surface area contributed by atoms with Crippen LogP contribution in [0.3, 0.4) is 0 Å². The van der Waals surface area contributed by atoms with E-state index in [1.165, 1.54) is 19.1 Å². The van der Waals surface area contributed by atoms with E-state index in [1.807, 2.05) is 0 Å². The van der Waals surface area contributed by atoms with Crippen molar-refractivity contribution >= 4 is 27.3 Å². The maximum Gasteiger partial charge on any atom is 0.416 e. The van der Waals surface area contributed by atoms with Crippen LogP contribution in [0.2, 0.25) is 5.02 Å². The predicted molar refractivity (Wildman–Crippen MR) is 103 cm³/mol. The molecule has 2 aromatic rings. The van der Waals surface area contributed by atoms with Crippen molar-refractivity contribution in [1.29, 1.82) is 0 Å². The lowest BCUT2D eigenvalue weighted by Gasteiger charge is -2.39. The van der Waals surface area contributed by atoms with Crippen LogP contribution in [0.1, 0.15) is 35.7 Å². The first-order valence-electron chi connectivity index (χ1n) is 9.06. The molecule has 0 radical (unpaired) electrons. The highest BCUT2D eigenvalue weighted by Crippen LogP contribution is 2.37. The summed E-state index contributed by atoms with van der Waals surface area (Å²) in [5.74, 6) is -1.43. The molecule has 1 saturated carbocycles. The number of carbonyl (C=O) groups excluding carboxylic acids is 1. The first-order chi connectivity index (χ1) is 13.9. The van der Waals surface area contributed by atoms with Gasteiger partial charge in [0, 0.05) is 11.6 Å². The quantitative estimate of drug-likeness (QED) is 0.643. The highest BCUT2D eigenvalue weighted by atomic mass is 35.5. The molecule has 0 aromatic heterocycles. The van der Waals surface area contributed by atoms with Gasteiger partial charge in [-0.05, 0) is 62.1 Å². The van der Waals surface area contributed by atoms with Gasteiger partial charge in [0.15, 0.2) is 9.84 Å². The third-order valence-electron chi connectivity index (χ3n) is 5.33. The SMILES string of the molecule is CC(C1CC(NC(=O)c2ccc(F)c(Cl)c2)C1)S(=O)(=O)c1cccc(C(F)(F)F)c1. The minimum absolute atomic E-state index is 0.175. The largest absolute Gasteiger partial charge is 0.416 e. The van der Waals surface area contributed by atoms with E-state index < -0.39 is 38.6 Å². The average molecular weight is 464 g/mol. The molecule has 3 rings (SSSR count). The van der Waals surface area contributed by atoms with E-state index in [0.29, 0.717) is 18.9 Å². The average Bonchev–Trinajstić information content (AvgIpc) is 2.65. The van der Waals surface area contributed by atoms with Gasteiger partial charge in [0.25, 0.3) is 5.91 Å². The van der Waals surface area contributed by atoms with Crippen LogP contribution in [0.25, 0.3) is 0 Å². The summed E-state index contributed by atoms with van der Waals surface area (Å²) in [6.07, 6.45) is -3.91. The number of amides is 1. The van der Waals surface area contributed by atoms with Gasteiger partial charge in [-0.3, -0.25) is 4.79 Å². The van der Waals surface area contributed by atoms with Gasteiger partial charge in [0.05, 0.1) is 20.7 Å². The second-order valence-corrected chi connectivity index (χ2v) is 10.0. The standard InChI is InChI=1S/C20H18ClF4NO3S/c1-11(30(28,29)16-4-2-3-14(10-16)20(23,24)25)13-7-15(8-13)26-19(27)12-5-6-18(22)17(21)9-12/h2-6,9-11,13,15H,7-8H2,1H3,(H,26,27). The van der Waals surface area contributed by atoms with Crippen molar-refractivity contribution in [3.05, 3.63) is 64.4 Å². The number of halogens is 5. The van der Waals surface area contributed by atoms with Crippen molar-refractivity contribution in [2.75, 3.05) is 0 Å². The van der Waals surface area contributed by atoms with Crippen LogP contribution >= 0.6 is 11.6 Å². The molecule has 1 fully saturated rings. The van der Waals surface area contributed by atoms with E-state index >= 15 is 0 Å². The zero-order valence-corrected chi connectivity index (χ0v) is 17.3. The molecule has 162 valence electrons. The van der Waals surface area contributed by atoms with Crippen LogP contribution in [-0.2, 0) is 16.0 Å². The number of rotatable bonds is 5. The maximum atomic E-state index is 13.2. The Morgan fingerprint density at radius 2 is 1.83 bits per heavy atom. The summed E-state index contributed by atoms with van der Waals surface area (Å²) in [4.78, 5) is 11.8. The number of alkyl halides is 3. The molecule has 1 amide bonds. The van der Waals surface area contributed by atoms with Crippen LogP contribution in [0, 0.1) is 11.7 Å². The Balaban J connectivity index is 1.63. The molecule has 1 atom stereocenters. The Labute approximate surface area is 176 Å². The van der Waals surface area contributed by atoms with E-state index in [1.54, 1.807) is 0 Å². The molecular weight excluding hydrogens is 446 g/mol. The molecule has 1 aliphatic carbocycles. The number of sulfone groups is 1. The van der Waals surface area contributed by atoms with Gasteiger partial charge in [-0.25, -0.2) is 12.8 Å². The maximum absolute atomic E-state index is 13.2. The van der Waals surface area contributed by atoms with Crippen molar-refractivity contribution in [3.63, 3.8) is 0 Å². The second kappa shape index (κ2) is 8.19. The molecule has 0 heterocycles. The van der Waals surface area contributed by atoms with Gasteiger partial charge in [-0.15, -0.1) is 0 Å². The van der Waals surface area contributed by atoms with Crippen LogP contribution in [0.5, 0.6) is 0 Å². The zero-order chi connectivity index (χ0) is 22.3. The fraction of sp³-hybridized carbons (Fsp3) is 0.350. The molecule has 30 heavy (non-hydrogen) atoms. The summed E-state index contributed by atoms with van der Waals surface area (Å²) in [6, 6.07) is 6.95. The van der Waals surface area contributed by atoms with E-state index in [9.17, 15) is 30.8 Å². The Hall–Kier alpha value is -2.13. The molecule has 0 spiro atoms. The molecule has 2 aromatic carbocycles. The lowest BCUT2D eigenvalue weighted by atomic mass is 9.78. The van der Waals surface area contributed by atoms with Gasteiger partial charge in [0.2, 0.25) is 0 Å². The third-order valence-corrected chi connectivity index (χ3v) is 7.90. The number of nitrogens with one attached hydrogen (secondary N) is 1. The minimum atomic E-state index is -4.64. The summed E-state index contributed by atoms with van der Waals surface area (Å²) in [5.41, 5.74) is -0.845. The first kappa shape index (κ1) is 22.6. The van der Waals surface area contributed by atoms with Gasteiger partial charge >= 0.3 is 6.18 Å². The topological polar surface area (TPSA) is 63.2 Å². The van der Waals surface area contributed by atoms with Crippen LogP contribution < -0.4 is 5.32 Å². The van der Waals surface area contributed by atoms with E-state index in [2.05, 4.69) is 5.32 Å². The lowest BCUT2D eigenvalue weighted by molar-refractivity contribution is -0.137. The fourth-order valence-corrected chi connectivity index (χ4v) is 5.28. The van der Waals surface area contributed by atoms with Crippen molar-refractivity contribution in [2.24, 2.45) is 5.92 Å². The normalized spacial score (nSPS) is 20.3. The highest BCUT2D eigenvalue weighted by molar-refractivity contribution is 7.92. The monoisotopic (exact) mass is 463 g/mol. The van der Waals surface area contributed by atoms with Crippen molar-refractivity contribution in [2.45, 2.75) is 42.1 Å². The fourth-order valence-electron chi connectivity index (χ4n) is 3.39. The molecular formula is C20H18ClF4NO3S. The summed E-state index contributed by atoms with van der Waals surface area (Å²) in [6.45, 7) is 1.46. The Morgan fingerprint density at radius 3 is 2.43 bits per heavy atom. The Bertz CT molecular complexity index is 1070. The van der Waals surface area contributed by atoms with Crippen LogP contribution in [-0.4, -0.2) is 25.6 Å². The summed E-state index contributed by atoms with van der Waals surface area (Å²) < 4.78 is 77.4. The van der Waals surface area contributed by atoms with Gasteiger partial charge in [-0.1, -0.05) is 17.7 Å². The second-order valence-electron chi connectivity index (χ2n) is 7.31. The summed E-state index contributed by atoms with van der Waals surface area (Å²) >= 11 is 5.66. The molecule has 0 bridgehead atoms. The summed E-state index contributed by atoms with van der Waals surface area (Å²) in [7, 11) is -3.97. The highest BCUT2D eigenvalue weighted by Gasteiger charge is 2.41. The molecule has 1 N–H and O–H groups in total. The van der Waals surface area contributed by atoms with E-state index in [4.69, 9.17) is 11.6 Å². The number of hydrogen-bond acceptors (Lipinski definition) is 3. The molecule has 4 nitrogen and oxygen atoms in total. The molecule has 0 saturated heterocycles. The van der Waals surface area contributed by atoms with Crippen molar-refractivity contribution < 1.29 is 30.8 Å². The zero-order valence-electron chi connectivity index (χ0n) is 15.7. The minimum Gasteiger partial charge on any atom is -0.349 e. The van der Waals surface area contributed by atoms with Crippen LogP contribution in [0.15, 0.2) is 47.4 Å². The van der Waals surface area contributed by atoms with Crippen LogP contribution in [0.4, 0.5) is 17.6 Å². The Morgan fingerprint density at radius 1 is 1.17 bits per heavy atom. The molecule has 1 unspecified atom stereocenters. The van der Waals surface area contributed by atoms with Gasteiger partial charge in [-0.2, -0.15) is 13.2 Å². The van der Waals surface area contributed by atoms with E-state index in [-0.39, 0.29) is 27.4 Å². The van der Waals surface area contributed by atoms with Crippen molar-refractivity contribution in [1.82, 2.24) is 5.32 Å². The number of benzene rings is 2.